The van der Waals surface area contributed by atoms with Gasteiger partial charge in [0, 0.05) is 0 Å². The van der Waals surface area contributed by atoms with Crippen molar-refractivity contribution in [1.82, 2.24) is 0 Å². The second-order valence-electron chi connectivity index (χ2n) is 5.22. The standard InChI is InChI=1S/C16H24/c1-3-5-6-7-8-9-15-11-13-10-14(4-2)16(15)12-13/h4-6,8-9,13,15-16H,3,7,10-12H2,1-2H3/b6-5-,9-8+,14-4+. The Bertz CT molecular complexity index is 306. The van der Waals surface area contributed by atoms with Crippen LogP contribution in [0, 0.1) is 17.8 Å². The van der Waals surface area contributed by atoms with Crippen LogP contribution >= 0.6 is 0 Å². The van der Waals surface area contributed by atoms with E-state index in [9.17, 15) is 0 Å². The highest BCUT2D eigenvalue weighted by molar-refractivity contribution is 5.21. The fraction of sp³-hybridized carbons (Fsp3) is 0.625. The molecule has 0 aromatic carbocycles. The van der Waals surface area contributed by atoms with Crippen LogP contribution in [-0.2, 0) is 0 Å². The lowest BCUT2D eigenvalue weighted by atomic mass is 9.84. The minimum absolute atomic E-state index is 0.847. The van der Waals surface area contributed by atoms with E-state index in [-0.39, 0.29) is 0 Å². The molecule has 0 spiro atoms. The first-order valence-electron chi connectivity index (χ1n) is 6.81. The predicted molar refractivity (Wildman–Crippen MR) is 71.3 cm³/mol. The summed E-state index contributed by atoms with van der Waals surface area (Å²) in [7, 11) is 0. The summed E-state index contributed by atoms with van der Waals surface area (Å²) in [5.41, 5.74) is 1.73. The highest BCUT2D eigenvalue weighted by Gasteiger charge is 2.40. The van der Waals surface area contributed by atoms with Crippen molar-refractivity contribution in [2.24, 2.45) is 17.8 Å². The maximum Gasteiger partial charge on any atom is -0.0137 e. The quantitative estimate of drug-likeness (QED) is 0.587. The minimum Gasteiger partial charge on any atom is -0.0885 e. The summed E-state index contributed by atoms with van der Waals surface area (Å²) in [6.45, 7) is 4.40. The largest absolute Gasteiger partial charge is 0.0885 e. The Kier molecular flexibility index (Phi) is 4.04. The second kappa shape index (κ2) is 5.52. The van der Waals surface area contributed by atoms with Gasteiger partial charge in [-0.15, -0.1) is 0 Å². The molecule has 2 aliphatic carbocycles. The average molecular weight is 216 g/mol. The fourth-order valence-corrected chi connectivity index (χ4v) is 3.40. The van der Waals surface area contributed by atoms with Crippen molar-refractivity contribution < 1.29 is 0 Å². The van der Waals surface area contributed by atoms with Crippen molar-refractivity contribution in [3.05, 3.63) is 36.0 Å². The number of hydrogen-bond donors (Lipinski definition) is 0. The number of allylic oxidation sites excluding steroid dienone is 6. The Hall–Kier alpha value is -0.780. The van der Waals surface area contributed by atoms with Gasteiger partial charge < -0.3 is 0 Å². The molecule has 0 aromatic heterocycles. The summed E-state index contributed by atoms with van der Waals surface area (Å²) in [6.07, 6.45) is 18.3. The Labute approximate surface area is 100 Å². The third-order valence-electron chi connectivity index (χ3n) is 4.14. The molecule has 0 heteroatoms. The number of hydrogen-bond acceptors (Lipinski definition) is 0. The van der Waals surface area contributed by atoms with Gasteiger partial charge in [-0.3, -0.25) is 0 Å². The lowest BCUT2D eigenvalue weighted by Crippen LogP contribution is -2.10. The van der Waals surface area contributed by atoms with E-state index in [4.69, 9.17) is 0 Å². The molecule has 0 aromatic rings. The van der Waals surface area contributed by atoms with Gasteiger partial charge in [0.1, 0.15) is 0 Å². The summed E-state index contributed by atoms with van der Waals surface area (Å²) in [5, 5.41) is 0. The molecule has 0 N–H and O–H groups in total. The van der Waals surface area contributed by atoms with Crippen LogP contribution < -0.4 is 0 Å². The summed E-state index contributed by atoms with van der Waals surface area (Å²) in [4.78, 5) is 0. The summed E-state index contributed by atoms with van der Waals surface area (Å²) >= 11 is 0. The normalized spacial score (nSPS) is 36.1. The molecule has 0 nitrogen and oxygen atoms in total. The Morgan fingerprint density at radius 1 is 1.19 bits per heavy atom. The van der Waals surface area contributed by atoms with E-state index in [0.717, 1.165) is 30.6 Å². The van der Waals surface area contributed by atoms with E-state index in [2.05, 4.69) is 44.2 Å². The molecule has 0 radical (unpaired) electrons. The first kappa shape index (κ1) is 11.7. The average Bonchev–Trinajstić information content (AvgIpc) is 2.87. The van der Waals surface area contributed by atoms with Gasteiger partial charge in [0.15, 0.2) is 0 Å². The van der Waals surface area contributed by atoms with Crippen molar-refractivity contribution in [2.75, 3.05) is 0 Å². The fourth-order valence-electron chi connectivity index (χ4n) is 3.40. The maximum absolute atomic E-state index is 2.48. The lowest BCUT2D eigenvalue weighted by molar-refractivity contribution is 0.472. The van der Waals surface area contributed by atoms with Crippen molar-refractivity contribution in [3.63, 3.8) is 0 Å². The van der Waals surface area contributed by atoms with Crippen LogP contribution in [0.5, 0.6) is 0 Å². The topological polar surface area (TPSA) is 0 Å². The van der Waals surface area contributed by atoms with Gasteiger partial charge in [-0.05, 0) is 56.8 Å². The van der Waals surface area contributed by atoms with Crippen LogP contribution in [0.4, 0.5) is 0 Å². The van der Waals surface area contributed by atoms with Crippen molar-refractivity contribution in [3.8, 4) is 0 Å². The Balaban J connectivity index is 1.85. The van der Waals surface area contributed by atoms with Gasteiger partial charge in [0.05, 0.1) is 0 Å². The van der Waals surface area contributed by atoms with Crippen LogP contribution in [0.2, 0.25) is 0 Å². The molecular weight excluding hydrogens is 192 g/mol. The van der Waals surface area contributed by atoms with E-state index in [1.54, 1.807) is 5.57 Å². The minimum atomic E-state index is 0.847. The van der Waals surface area contributed by atoms with Gasteiger partial charge in [-0.2, -0.15) is 0 Å². The zero-order chi connectivity index (χ0) is 11.4. The third kappa shape index (κ3) is 2.48. The molecule has 0 saturated heterocycles. The van der Waals surface area contributed by atoms with E-state index in [0.29, 0.717) is 0 Å². The molecule has 0 aliphatic heterocycles. The Morgan fingerprint density at radius 2 is 2.06 bits per heavy atom. The molecule has 16 heavy (non-hydrogen) atoms. The first-order valence-corrected chi connectivity index (χ1v) is 6.81. The molecule has 2 fully saturated rings. The highest BCUT2D eigenvalue weighted by Crippen LogP contribution is 2.51. The van der Waals surface area contributed by atoms with Gasteiger partial charge in [0.25, 0.3) is 0 Å². The van der Waals surface area contributed by atoms with Gasteiger partial charge in [-0.1, -0.05) is 42.9 Å². The Morgan fingerprint density at radius 3 is 2.75 bits per heavy atom. The van der Waals surface area contributed by atoms with E-state index >= 15 is 0 Å². The summed E-state index contributed by atoms with van der Waals surface area (Å²) in [5.74, 6) is 2.73. The summed E-state index contributed by atoms with van der Waals surface area (Å²) in [6, 6.07) is 0. The molecular formula is C16H24. The van der Waals surface area contributed by atoms with E-state index in [1.165, 1.54) is 19.3 Å². The van der Waals surface area contributed by atoms with Crippen LogP contribution in [-0.4, -0.2) is 0 Å². The van der Waals surface area contributed by atoms with Gasteiger partial charge >= 0.3 is 0 Å². The zero-order valence-electron chi connectivity index (χ0n) is 10.7. The van der Waals surface area contributed by atoms with Gasteiger partial charge in [0.2, 0.25) is 0 Å². The SMILES string of the molecule is C/C=C1\CC2CC(/C=C/C/C=C\CC)C1C2. The monoisotopic (exact) mass is 216 g/mol. The molecule has 2 bridgehead atoms. The highest BCUT2D eigenvalue weighted by atomic mass is 14.5. The molecule has 2 saturated carbocycles. The van der Waals surface area contributed by atoms with Crippen molar-refractivity contribution in [2.45, 2.75) is 46.0 Å². The van der Waals surface area contributed by atoms with E-state index in [1.807, 2.05) is 0 Å². The third-order valence-corrected chi connectivity index (χ3v) is 4.14. The lowest BCUT2D eigenvalue weighted by Gasteiger charge is -2.21. The van der Waals surface area contributed by atoms with Gasteiger partial charge in [-0.25, -0.2) is 0 Å². The zero-order valence-corrected chi connectivity index (χ0v) is 10.7. The molecule has 3 unspecified atom stereocenters. The maximum atomic E-state index is 2.48. The van der Waals surface area contributed by atoms with Crippen LogP contribution in [0.25, 0.3) is 0 Å². The molecule has 2 rings (SSSR count). The first-order chi connectivity index (χ1) is 7.85. The number of fused-ring (bicyclic) bond motifs is 2. The van der Waals surface area contributed by atoms with Crippen LogP contribution in [0.15, 0.2) is 36.0 Å². The smallest absolute Gasteiger partial charge is 0.0137 e. The van der Waals surface area contributed by atoms with Crippen LogP contribution in [0.3, 0.4) is 0 Å². The molecule has 3 atom stereocenters. The predicted octanol–water partition coefficient (Wildman–Crippen LogP) is 4.89. The number of rotatable bonds is 4. The molecule has 0 heterocycles. The van der Waals surface area contributed by atoms with Crippen LogP contribution in [0.1, 0.15) is 46.0 Å². The van der Waals surface area contributed by atoms with Crippen molar-refractivity contribution in [1.29, 1.82) is 0 Å². The second-order valence-corrected chi connectivity index (χ2v) is 5.22. The van der Waals surface area contributed by atoms with Crippen molar-refractivity contribution >= 4 is 0 Å². The van der Waals surface area contributed by atoms with E-state index < -0.39 is 0 Å². The molecule has 2 aliphatic rings. The molecule has 0 amide bonds. The summed E-state index contributed by atoms with van der Waals surface area (Å²) < 4.78 is 0. The molecule has 88 valence electrons.